The molecule has 0 amide bonds. The summed E-state index contributed by atoms with van der Waals surface area (Å²) in [7, 11) is 0. The second kappa shape index (κ2) is 8.50. The van der Waals surface area contributed by atoms with Gasteiger partial charge in [0.25, 0.3) is 0 Å². The van der Waals surface area contributed by atoms with Gasteiger partial charge >= 0.3 is 5.97 Å². The standard InChI is InChI=1S/C20H23NO4/c1-3-5-16(12-19(23)25-21)15-6-8-18(9-7-15)24-14-20(4-2)11-10-17(22)13-20/h4,6-9,16H,2,10-14,21H2,1H3/t16-,20-/m0/s1. The van der Waals surface area contributed by atoms with E-state index in [0.29, 0.717) is 25.2 Å². The Hall–Kier alpha value is -2.58. The molecule has 1 aliphatic rings. The van der Waals surface area contributed by atoms with E-state index < -0.39 is 5.97 Å². The summed E-state index contributed by atoms with van der Waals surface area (Å²) in [6.45, 7) is 6.00. The molecule has 5 heteroatoms. The van der Waals surface area contributed by atoms with E-state index in [-0.39, 0.29) is 23.5 Å². The number of carbonyl (C=O) groups is 2. The van der Waals surface area contributed by atoms with Crippen LogP contribution >= 0.6 is 0 Å². The Morgan fingerprint density at radius 3 is 2.68 bits per heavy atom. The summed E-state index contributed by atoms with van der Waals surface area (Å²) >= 11 is 0. The van der Waals surface area contributed by atoms with Gasteiger partial charge in [0, 0.05) is 18.3 Å². The molecule has 0 radical (unpaired) electrons. The minimum absolute atomic E-state index is 0.0965. The number of ether oxygens (including phenoxy) is 1. The fourth-order valence-electron chi connectivity index (χ4n) is 2.98. The molecule has 0 spiro atoms. The summed E-state index contributed by atoms with van der Waals surface area (Å²) in [6.07, 6.45) is 3.78. The fraction of sp³-hybridized carbons (Fsp3) is 0.400. The van der Waals surface area contributed by atoms with Crippen LogP contribution in [0.3, 0.4) is 0 Å². The molecule has 2 atom stereocenters. The Morgan fingerprint density at radius 2 is 2.16 bits per heavy atom. The van der Waals surface area contributed by atoms with Gasteiger partial charge in [-0.3, -0.25) is 9.59 Å². The van der Waals surface area contributed by atoms with Crippen LogP contribution in [0.4, 0.5) is 0 Å². The van der Waals surface area contributed by atoms with Gasteiger partial charge < -0.3 is 9.57 Å². The summed E-state index contributed by atoms with van der Waals surface area (Å²) in [5, 5.41) is 0. The van der Waals surface area contributed by atoms with Gasteiger partial charge in [-0.1, -0.05) is 24.1 Å². The van der Waals surface area contributed by atoms with Crippen molar-refractivity contribution in [2.24, 2.45) is 11.3 Å². The fourth-order valence-corrected chi connectivity index (χ4v) is 2.98. The molecule has 132 valence electrons. The average Bonchev–Trinajstić information content (AvgIpc) is 3.01. The first-order valence-corrected chi connectivity index (χ1v) is 8.22. The topological polar surface area (TPSA) is 78.6 Å². The summed E-state index contributed by atoms with van der Waals surface area (Å²) < 4.78 is 5.86. The van der Waals surface area contributed by atoms with E-state index in [4.69, 9.17) is 10.6 Å². The molecule has 0 unspecified atom stereocenters. The molecule has 1 fully saturated rings. The zero-order chi connectivity index (χ0) is 18.3. The number of ketones is 1. The number of Topliss-reactive ketones (excluding diaryl/α,β-unsaturated/α-hetero) is 1. The molecule has 1 saturated carbocycles. The average molecular weight is 341 g/mol. The normalized spacial score (nSPS) is 20.3. The maximum absolute atomic E-state index is 11.6. The van der Waals surface area contributed by atoms with Crippen LogP contribution in [0.2, 0.25) is 0 Å². The van der Waals surface area contributed by atoms with Gasteiger partial charge in [-0.2, -0.15) is 5.90 Å². The molecule has 0 heterocycles. The van der Waals surface area contributed by atoms with Crippen molar-refractivity contribution in [1.29, 1.82) is 0 Å². The molecule has 1 aromatic rings. The third-order valence-electron chi connectivity index (χ3n) is 4.51. The van der Waals surface area contributed by atoms with Crippen molar-refractivity contribution >= 4 is 11.8 Å². The monoisotopic (exact) mass is 341 g/mol. The first-order valence-electron chi connectivity index (χ1n) is 8.22. The SMILES string of the molecule is C=C[C@]1(COc2ccc([C@@H](C#CC)CC(=O)ON)cc2)CCC(=O)C1. The van der Waals surface area contributed by atoms with Crippen LogP contribution in [-0.4, -0.2) is 18.4 Å². The van der Waals surface area contributed by atoms with Crippen molar-refractivity contribution in [3.05, 3.63) is 42.5 Å². The molecule has 0 bridgehead atoms. The number of rotatable bonds is 7. The van der Waals surface area contributed by atoms with E-state index in [2.05, 4.69) is 23.3 Å². The third-order valence-corrected chi connectivity index (χ3v) is 4.51. The van der Waals surface area contributed by atoms with Crippen molar-refractivity contribution in [2.75, 3.05) is 6.61 Å². The maximum Gasteiger partial charge on any atom is 0.326 e. The Labute approximate surface area is 148 Å². The predicted molar refractivity (Wildman–Crippen MR) is 94.5 cm³/mol. The summed E-state index contributed by atoms with van der Waals surface area (Å²) in [5.74, 6) is 10.9. The minimum atomic E-state index is -0.507. The highest BCUT2D eigenvalue weighted by Crippen LogP contribution is 2.37. The van der Waals surface area contributed by atoms with Crippen LogP contribution < -0.4 is 10.6 Å². The lowest BCUT2D eigenvalue weighted by Crippen LogP contribution is -2.23. The van der Waals surface area contributed by atoms with E-state index in [0.717, 1.165) is 12.0 Å². The summed E-state index contributed by atoms with van der Waals surface area (Å²) in [5.41, 5.74) is 0.623. The van der Waals surface area contributed by atoms with Gasteiger partial charge in [0.1, 0.15) is 11.5 Å². The zero-order valence-electron chi connectivity index (χ0n) is 14.4. The van der Waals surface area contributed by atoms with Gasteiger partial charge in [-0.25, -0.2) is 0 Å². The first-order chi connectivity index (χ1) is 12.0. The molecular formula is C20H23NO4. The van der Waals surface area contributed by atoms with Crippen molar-refractivity contribution in [2.45, 2.75) is 38.5 Å². The highest BCUT2D eigenvalue weighted by Gasteiger charge is 2.36. The number of benzene rings is 1. The van der Waals surface area contributed by atoms with E-state index >= 15 is 0 Å². The van der Waals surface area contributed by atoms with Crippen LogP contribution in [0.5, 0.6) is 5.75 Å². The Bertz CT molecular complexity index is 699. The molecule has 0 aliphatic heterocycles. The lowest BCUT2D eigenvalue weighted by atomic mass is 9.87. The van der Waals surface area contributed by atoms with Crippen molar-refractivity contribution in [1.82, 2.24) is 0 Å². The van der Waals surface area contributed by atoms with Gasteiger partial charge in [-0.15, -0.1) is 12.5 Å². The maximum atomic E-state index is 11.6. The molecule has 25 heavy (non-hydrogen) atoms. The van der Waals surface area contributed by atoms with E-state index in [1.165, 1.54) is 0 Å². The van der Waals surface area contributed by atoms with Crippen LogP contribution in [0.15, 0.2) is 36.9 Å². The predicted octanol–water partition coefficient (Wildman–Crippen LogP) is 2.90. The van der Waals surface area contributed by atoms with Crippen LogP contribution in [0.1, 0.15) is 44.1 Å². The number of nitrogens with two attached hydrogens (primary N) is 1. The highest BCUT2D eigenvalue weighted by molar-refractivity contribution is 5.81. The lowest BCUT2D eigenvalue weighted by molar-refractivity contribution is -0.144. The second-order valence-electron chi connectivity index (χ2n) is 6.28. The van der Waals surface area contributed by atoms with Gasteiger partial charge in [-0.05, 0) is 31.0 Å². The van der Waals surface area contributed by atoms with Crippen LogP contribution in [0, 0.1) is 17.3 Å². The Balaban J connectivity index is 2.03. The zero-order valence-corrected chi connectivity index (χ0v) is 14.4. The molecular weight excluding hydrogens is 318 g/mol. The lowest BCUT2D eigenvalue weighted by Gasteiger charge is -2.24. The number of hydrogen-bond donors (Lipinski definition) is 1. The molecule has 0 saturated heterocycles. The molecule has 1 aromatic carbocycles. The number of carbonyl (C=O) groups excluding carboxylic acids is 2. The van der Waals surface area contributed by atoms with Crippen molar-refractivity contribution < 1.29 is 19.2 Å². The van der Waals surface area contributed by atoms with E-state index in [1.807, 2.05) is 30.3 Å². The van der Waals surface area contributed by atoms with E-state index in [9.17, 15) is 9.59 Å². The van der Waals surface area contributed by atoms with Gasteiger partial charge in [0.05, 0.1) is 18.9 Å². The van der Waals surface area contributed by atoms with Crippen molar-refractivity contribution in [3.63, 3.8) is 0 Å². The quantitative estimate of drug-likeness (QED) is 0.469. The van der Waals surface area contributed by atoms with Crippen LogP contribution in [-0.2, 0) is 14.4 Å². The van der Waals surface area contributed by atoms with Gasteiger partial charge in [0.15, 0.2) is 0 Å². The number of hydrogen-bond acceptors (Lipinski definition) is 5. The molecule has 0 aromatic heterocycles. The Kier molecular flexibility index (Phi) is 6.37. The summed E-state index contributed by atoms with van der Waals surface area (Å²) in [6, 6.07) is 7.41. The first kappa shape index (κ1) is 18.8. The van der Waals surface area contributed by atoms with E-state index in [1.54, 1.807) is 6.92 Å². The largest absolute Gasteiger partial charge is 0.493 e. The molecule has 2 rings (SSSR count). The van der Waals surface area contributed by atoms with Crippen molar-refractivity contribution in [3.8, 4) is 17.6 Å². The second-order valence-corrected chi connectivity index (χ2v) is 6.28. The molecule has 2 N–H and O–H groups in total. The smallest absolute Gasteiger partial charge is 0.326 e. The van der Waals surface area contributed by atoms with Gasteiger partial charge in [0.2, 0.25) is 0 Å². The molecule has 1 aliphatic carbocycles. The van der Waals surface area contributed by atoms with Crippen LogP contribution in [0.25, 0.3) is 0 Å². The minimum Gasteiger partial charge on any atom is -0.493 e. The molecule has 5 nitrogen and oxygen atoms in total. The Morgan fingerprint density at radius 1 is 1.44 bits per heavy atom. The summed E-state index contributed by atoms with van der Waals surface area (Å²) in [4.78, 5) is 27.2. The third kappa shape index (κ3) is 4.94. The highest BCUT2D eigenvalue weighted by atomic mass is 16.7.